The Morgan fingerprint density at radius 1 is 1.29 bits per heavy atom. The van der Waals surface area contributed by atoms with Gasteiger partial charge in [0.15, 0.2) is 0 Å². The molecule has 0 saturated heterocycles. The average molecular weight is 395 g/mol. The summed E-state index contributed by atoms with van der Waals surface area (Å²) in [6.45, 7) is 2.74. The molecule has 1 aromatic carbocycles. The van der Waals surface area contributed by atoms with Gasteiger partial charge in [-0.05, 0) is 71.3 Å². The molecule has 4 heteroatoms. The van der Waals surface area contributed by atoms with Crippen molar-refractivity contribution in [2.75, 3.05) is 7.05 Å². The molecule has 0 radical (unpaired) electrons. The number of hydrogen-bond acceptors (Lipinski definition) is 2. The fourth-order valence-electron chi connectivity index (χ4n) is 2.52. The molecule has 110 valence electrons. The molecule has 1 aliphatic rings. The van der Waals surface area contributed by atoms with E-state index in [1.165, 1.54) is 6.42 Å². The monoisotopic (exact) mass is 395 g/mol. The SMILES string of the molecule is CC1CC1c1ccc(CN(C)C(=O)c2ccc(I)cc2)o1. The fraction of sp³-hybridized carbons (Fsp3) is 0.353. The number of amides is 1. The lowest BCUT2D eigenvalue weighted by molar-refractivity contribution is 0.0775. The van der Waals surface area contributed by atoms with Crippen LogP contribution >= 0.6 is 22.6 Å². The van der Waals surface area contributed by atoms with Gasteiger partial charge in [-0.1, -0.05) is 6.92 Å². The Bertz CT molecular complexity index is 647. The second-order valence-corrected chi connectivity index (χ2v) is 7.04. The highest BCUT2D eigenvalue weighted by Crippen LogP contribution is 2.47. The van der Waals surface area contributed by atoms with Crippen LogP contribution in [0.1, 0.15) is 41.1 Å². The van der Waals surface area contributed by atoms with Crippen molar-refractivity contribution in [2.45, 2.75) is 25.8 Å². The molecule has 2 atom stereocenters. The van der Waals surface area contributed by atoms with Crippen molar-refractivity contribution >= 4 is 28.5 Å². The van der Waals surface area contributed by atoms with Crippen molar-refractivity contribution < 1.29 is 9.21 Å². The van der Waals surface area contributed by atoms with Gasteiger partial charge in [0.1, 0.15) is 11.5 Å². The van der Waals surface area contributed by atoms with Gasteiger partial charge in [0.2, 0.25) is 0 Å². The second-order valence-electron chi connectivity index (χ2n) is 5.79. The molecule has 21 heavy (non-hydrogen) atoms. The van der Waals surface area contributed by atoms with Gasteiger partial charge in [0, 0.05) is 22.1 Å². The molecule has 2 unspecified atom stereocenters. The zero-order valence-corrected chi connectivity index (χ0v) is 14.3. The molecular formula is C17H18INO2. The third-order valence-corrected chi connectivity index (χ3v) is 4.71. The van der Waals surface area contributed by atoms with Crippen molar-refractivity contribution in [3.63, 3.8) is 0 Å². The molecule has 3 rings (SSSR count). The molecule has 0 spiro atoms. The molecule has 1 amide bonds. The molecule has 0 aliphatic heterocycles. The standard InChI is InChI=1S/C17H18INO2/c1-11-9-15(11)16-8-7-14(21-16)10-19(2)17(20)12-3-5-13(18)6-4-12/h3-8,11,15H,9-10H2,1-2H3. The highest BCUT2D eigenvalue weighted by atomic mass is 127. The van der Waals surface area contributed by atoms with Crippen LogP contribution in [0.3, 0.4) is 0 Å². The maximum atomic E-state index is 12.3. The van der Waals surface area contributed by atoms with Crippen molar-refractivity contribution in [2.24, 2.45) is 5.92 Å². The Hall–Kier alpha value is -1.30. The van der Waals surface area contributed by atoms with Crippen LogP contribution in [0, 0.1) is 9.49 Å². The summed E-state index contributed by atoms with van der Waals surface area (Å²) in [5, 5.41) is 0. The van der Waals surface area contributed by atoms with Crippen molar-refractivity contribution in [1.29, 1.82) is 0 Å². The van der Waals surface area contributed by atoms with E-state index < -0.39 is 0 Å². The normalized spacial score (nSPS) is 20.3. The number of halogens is 1. The van der Waals surface area contributed by atoms with Gasteiger partial charge in [-0.2, -0.15) is 0 Å². The van der Waals surface area contributed by atoms with Crippen LogP contribution in [0.4, 0.5) is 0 Å². The Kier molecular flexibility index (Phi) is 4.06. The Morgan fingerprint density at radius 2 is 1.95 bits per heavy atom. The Balaban J connectivity index is 1.65. The van der Waals surface area contributed by atoms with E-state index in [0.717, 1.165) is 21.0 Å². The van der Waals surface area contributed by atoms with Gasteiger partial charge in [0.05, 0.1) is 6.54 Å². The summed E-state index contributed by atoms with van der Waals surface area (Å²) in [4.78, 5) is 14.0. The minimum absolute atomic E-state index is 0.0177. The molecule has 2 aromatic rings. The predicted octanol–water partition coefficient (Wildman–Crippen LogP) is 4.28. The summed E-state index contributed by atoms with van der Waals surface area (Å²) < 4.78 is 6.98. The molecule has 1 saturated carbocycles. The summed E-state index contributed by atoms with van der Waals surface area (Å²) in [5.41, 5.74) is 0.709. The van der Waals surface area contributed by atoms with E-state index in [2.05, 4.69) is 29.5 Å². The second kappa shape index (κ2) is 5.83. The predicted molar refractivity (Wildman–Crippen MR) is 90.2 cm³/mol. The van der Waals surface area contributed by atoms with Crippen molar-refractivity contribution in [3.8, 4) is 0 Å². The maximum absolute atomic E-state index is 12.3. The van der Waals surface area contributed by atoms with E-state index >= 15 is 0 Å². The van der Waals surface area contributed by atoms with Crippen LogP contribution in [0.15, 0.2) is 40.8 Å². The summed E-state index contributed by atoms with van der Waals surface area (Å²) in [7, 11) is 1.81. The lowest BCUT2D eigenvalue weighted by Gasteiger charge is -2.15. The number of hydrogen-bond donors (Lipinski definition) is 0. The first kappa shape index (κ1) is 14.6. The number of benzene rings is 1. The van der Waals surface area contributed by atoms with Crippen LogP contribution in [0.25, 0.3) is 0 Å². The Labute approximate surface area is 138 Å². The zero-order valence-electron chi connectivity index (χ0n) is 12.2. The lowest BCUT2D eigenvalue weighted by Crippen LogP contribution is -2.25. The fourth-order valence-corrected chi connectivity index (χ4v) is 2.88. The van der Waals surface area contributed by atoms with E-state index in [0.29, 0.717) is 18.0 Å². The topological polar surface area (TPSA) is 33.5 Å². The van der Waals surface area contributed by atoms with E-state index in [4.69, 9.17) is 4.42 Å². The third kappa shape index (κ3) is 3.31. The smallest absolute Gasteiger partial charge is 0.254 e. The summed E-state index contributed by atoms with van der Waals surface area (Å²) >= 11 is 2.23. The number of rotatable bonds is 4. The molecule has 1 aliphatic carbocycles. The highest BCUT2D eigenvalue weighted by molar-refractivity contribution is 14.1. The van der Waals surface area contributed by atoms with Crippen LogP contribution in [-0.4, -0.2) is 17.9 Å². The van der Waals surface area contributed by atoms with Crippen LogP contribution < -0.4 is 0 Å². The third-order valence-electron chi connectivity index (χ3n) is 3.99. The number of nitrogens with zero attached hydrogens (tertiary/aromatic N) is 1. The van der Waals surface area contributed by atoms with Gasteiger partial charge in [0.25, 0.3) is 5.91 Å². The highest BCUT2D eigenvalue weighted by Gasteiger charge is 2.36. The number of furan rings is 1. The minimum Gasteiger partial charge on any atom is -0.464 e. The van der Waals surface area contributed by atoms with E-state index in [1.54, 1.807) is 4.90 Å². The van der Waals surface area contributed by atoms with E-state index in [9.17, 15) is 4.79 Å². The molecule has 0 N–H and O–H groups in total. The van der Waals surface area contributed by atoms with Crippen molar-refractivity contribution in [1.82, 2.24) is 4.90 Å². The van der Waals surface area contributed by atoms with Gasteiger partial charge >= 0.3 is 0 Å². The van der Waals surface area contributed by atoms with Gasteiger partial charge in [-0.15, -0.1) is 0 Å². The van der Waals surface area contributed by atoms with E-state index in [1.807, 2.05) is 43.4 Å². The maximum Gasteiger partial charge on any atom is 0.254 e. The molecule has 1 fully saturated rings. The van der Waals surface area contributed by atoms with Crippen molar-refractivity contribution in [3.05, 3.63) is 57.1 Å². The van der Waals surface area contributed by atoms with Crippen LogP contribution in [-0.2, 0) is 6.54 Å². The average Bonchev–Trinajstić information content (AvgIpc) is 3.02. The molecule has 1 aromatic heterocycles. The van der Waals surface area contributed by atoms with Gasteiger partial charge < -0.3 is 9.32 Å². The Morgan fingerprint density at radius 3 is 2.57 bits per heavy atom. The molecule has 1 heterocycles. The summed E-state index contributed by atoms with van der Waals surface area (Å²) in [5.74, 6) is 3.24. The number of carbonyl (C=O) groups excluding carboxylic acids is 1. The first-order valence-electron chi connectivity index (χ1n) is 7.14. The number of carbonyl (C=O) groups is 1. The minimum atomic E-state index is 0.0177. The molecule has 3 nitrogen and oxygen atoms in total. The summed E-state index contributed by atoms with van der Waals surface area (Å²) in [6, 6.07) is 11.6. The lowest BCUT2D eigenvalue weighted by atomic mass is 10.2. The van der Waals surface area contributed by atoms with E-state index in [-0.39, 0.29) is 5.91 Å². The first-order valence-corrected chi connectivity index (χ1v) is 8.22. The summed E-state index contributed by atoms with van der Waals surface area (Å²) in [6.07, 6.45) is 1.21. The van der Waals surface area contributed by atoms with Gasteiger partial charge in [-0.25, -0.2) is 0 Å². The molecular weight excluding hydrogens is 377 g/mol. The quantitative estimate of drug-likeness (QED) is 0.725. The molecule has 0 bridgehead atoms. The zero-order chi connectivity index (χ0) is 15.0. The largest absolute Gasteiger partial charge is 0.464 e. The van der Waals surface area contributed by atoms with Gasteiger partial charge in [-0.3, -0.25) is 4.79 Å². The first-order chi connectivity index (χ1) is 10.0. The van der Waals surface area contributed by atoms with Crippen LogP contribution in [0.5, 0.6) is 0 Å². The van der Waals surface area contributed by atoms with Crippen LogP contribution in [0.2, 0.25) is 0 Å².